The molecule has 2 aromatic rings. The largest absolute Gasteiger partial charge is 0.276 e. The Morgan fingerprint density at radius 2 is 1.85 bits per heavy atom. The quantitative estimate of drug-likeness (QED) is 0.365. The van der Waals surface area contributed by atoms with E-state index in [1.54, 1.807) is 42.5 Å². The number of nitrogens with zero attached hydrogens (tertiary/aromatic N) is 2. The van der Waals surface area contributed by atoms with E-state index in [9.17, 15) is 15.4 Å². The van der Waals surface area contributed by atoms with Crippen molar-refractivity contribution in [1.29, 1.82) is 5.26 Å². The summed E-state index contributed by atoms with van der Waals surface area (Å²) in [6, 6.07) is 15.2. The summed E-state index contributed by atoms with van der Waals surface area (Å²) in [5, 5.41) is 20.6. The Morgan fingerprint density at radius 1 is 1.20 bits per heavy atom. The summed E-state index contributed by atoms with van der Waals surface area (Å²) in [4.78, 5) is 10.5. The predicted molar refractivity (Wildman–Crippen MR) is 78.0 cm³/mol. The van der Waals surface area contributed by atoms with Gasteiger partial charge in [-0.2, -0.15) is 5.26 Å². The molecule has 98 valence electrons. The minimum absolute atomic E-state index is 0.0488. The van der Waals surface area contributed by atoms with E-state index >= 15 is 0 Å². The lowest BCUT2D eigenvalue weighted by Gasteiger charge is -2.03. The molecule has 0 unspecified atom stereocenters. The number of halogens is 1. The molecule has 0 N–H and O–H groups in total. The molecule has 0 bridgehead atoms. The summed E-state index contributed by atoms with van der Waals surface area (Å²) in [5.41, 5.74) is 1.15. The highest BCUT2D eigenvalue weighted by Crippen LogP contribution is 2.27. The van der Waals surface area contributed by atoms with E-state index in [1.807, 2.05) is 6.07 Å². The number of hydrogen-bond donors (Lipinski definition) is 0. The van der Waals surface area contributed by atoms with Crippen molar-refractivity contribution < 1.29 is 4.92 Å². The molecular weight excluding hydrogens is 276 g/mol. The standard InChI is InChI=1S/C15H9ClN2O2/c16-14-7-3-2-6-13(14)12(10-17)9-11-5-1-4-8-15(11)18(19)20/h1-9H. The second-order valence-corrected chi connectivity index (χ2v) is 4.37. The van der Waals surface area contributed by atoms with Crippen LogP contribution in [0.15, 0.2) is 48.5 Å². The Labute approximate surface area is 120 Å². The van der Waals surface area contributed by atoms with Gasteiger partial charge in [0, 0.05) is 16.7 Å². The lowest BCUT2D eigenvalue weighted by atomic mass is 10.0. The average molecular weight is 285 g/mol. The molecule has 0 saturated carbocycles. The van der Waals surface area contributed by atoms with Gasteiger partial charge in [-0.1, -0.05) is 41.9 Å². The summed E-state index contributed by atoms with van der Waals surface area (Å²) >= 11 is 6.04. The first-order valence-electron chi connectivity index (χ1n) is 5.73. The van der Waals surface area contributed by atoms with Gasteiger partial charge in [0.05, 0.1) is 22.1 Å². The number of nitro benzene ring substituents is 1. The van der Waals surface area contributed by atoms with Crippen LogP contribution in [0, 0.1) is 21.4 Å². The van der Waals surface area contributed by atoms with Crippen molar-refractivity contribution >= 4 is 28.9 Å². The smallest absolute Gasteiger partial charge is 0.258 e. The SMILES string of the molecule is N#CC(=Cc1ccccc1[N+](=O)[O-])c1ccccc1Cl. The maximum atomic E-state index is 11.0. The minimum atomic E-state index is -0.479. The van der Waals surface area contributed by atoms with Crippen LogP contribution >= 0.6 is 11.6 Å². The highest BCUT2D eigenvalue weighted by atomic mass is 35.5. The van der Waals surface area contributed by atoms with Crippen molar-refractivity contribution in [2.24, 2.45) is 0 Å². The first kappa shape index (κ1) is 13.8. The van der Waals surface area contributed by atoms with E-state index in [4.69, 9.17) is 11.6 Å². The normalized spacial score (nSPS) is 10.9. The Morgan fingerprint density at radius 3 is 2.50 bits per heavy atom. The monoisotopic (exact) mass is 284 g/mol. The molecule has 0 spiro atoms. The number of para-hydroxylation sites is 1. The number of benzene rings is 2. The molecule has 0 heterocycles. The van der Waals surface area contributed by atoms with Crippen LogP contribution in [0.4, 0.5) is 5.69 Å². The molecule has 0 amide bonds. The molecule has 4 nitrogen and oxygen atoms in total. The molecule has 0 aliphatic rings. The van der Waals surface area contributed by atoms with Crippen LogP contribution in [0.5, 0.6) is 0 Å². The van der Waals surface area contributed by atoms with Crippen LogP contribution in [0.1, 0.15) is 11.1 Å². The molecule has 5 heteroatoms. The van der Waals surface area contributed by atoms with E-state index in [0.717, 1.165) is 0 Å². The highest BCUT2D eigenvalue weighted by molar-refractivity contribution is 6.32. The maximum Gasteiger partial charge on any atom is 0.276 e. The van der Waals surface area contributed by atoms with E-state index < -0.39 is 4.92 Å². The van der Waals surface area contributed by atoms with Crippen LogP contribution in [-0.2, 0) is 0 Å². The first-order chi connectivity index (χ1) is 9.63. The number of rotatable bonds is 3. The molecule has 0 fully saturated rings. The van der Waals surface area contributed by atoms with E-state index in [0.29, 0.717) is 16.1 Å². The van der Waals surface area contributed by atoms with E-state index in [1.165, 1.54) is 12.1 Å². The molecule has 0 radical (unpaired) electrons. The molecular formula is C15H9ClN2O2. The van der Waals surface area contributed by atoms with Crippen LogP contribution in [0.2, 0.25) is 5.02 Å². The van der Waals surface area contributed by atoms with Gasteiger partial charge >= 0.3 is 0 Å². The van der Waals surface area contributed by atoms with Crippen molar-refractivity contribution in [3.63, 3.8) is 0 Å². The van der Waals surface area contributed by atoms with Crippen LogP contribution in [0.25, 0.3) is 11.6 Å². The fourth-order valence-corrected chi connectivity index (χ4v) is 2.02. The van der Waals surface area contributed by atoms with Crippen molar-refractivity contribution in [2.45, 2.75) is 0 Å². The van der Waals surface area contributed by atoms with Crippen molar-refractivity contribution in [2.75, 3.05) is 0 Å². The molecule has 0 aromatic heterocycles. The summed E-state index contributed by atoms with van der Waals surface area (Å²) in [5.74, 6) is 0. The van der Waals surface area contributed by atoms with Crippen LogP contribution in [0.3, 0.4) is 0 Å². The van der Waals surface area contributed by atoms with Gasteiger partial charge in [0.1, 0.15) is 0 Å². The van der Waals surface area contributed by atoms with E-state index in [2.05, 4.69) is 0 Å². The Kier molecular flexibility index (Phi) is 4.14. The van der Waals surface area contributed by atoms with Gasteiger partial charge in [0.25, 0.3) is 5.69 Å². The van der Waals surface area contributed by atoms with Crippen molar-refractivity contribution in [3.8, 4) is 6.07 Å². The zero-order valence-electron chi connectivity index (χ0n) is 10.3. The zero-order valence-corrected chi connectivity index (χ0v) is 11.0. The maximum absolute atomic E-state index is 11.0. The fraction of sp³-hybridized carbons (Fsp3) is 0. The lowest BCUT2D eigenvalue weighted by molar-refractivity contribution is -0.385. The molecule has 2 aromatic carbocycles. The molecule has 20 heavy (non-hydrogen) atoms. The molecule has 0 saturated heterocycles. The number of nitro groups is 1. The van der Waals surface area contributed by atoms with Gasteiger partial charge in [-0.15, -0.1) is 0 Å². The molecule has 2 rings (SSSR count). The number of nitriles is 1. The van der Waals surface area contributed by atoms with Gasteiger partial charge in [0.2, 0.25) is 0 Å². The first-order valence-corrected chi connectivity index (χ1v) is 6.11. The van der Waals surface area contributed by atoms with Gasteiger partial charge in [-0.05, 0) is 18.2 Å². The van der Waals surface area contributed by atoms with Gasteiger partial charge < -0.3 is 0 Å². The topological polar surface area (TPSA) is 66.9 Å². The van der Waals surface area contributed by atoms with Gasteiger partial charge in [-0.3, -0.25) is 10.1 Å². The van der Waals surface area contributed by atoms with Crippen molar-refractivity contribution in [3.05, 3.63) is 74.8 Å². The third-order valence-electron chi connectivity index (χ3n) is 2.72. The minimum Gasteiger partial charge on any atom is -0.258 e. The average Bonchev–Trinajstić information content (AvgIpc) is 2.46. The Balaban J connectivity index is 2.57. The van der Waals surface area contributed by atoms with Crippen molar-refractivity contribution in [1.82, 2.24) is 0 Å². The van der Waals surface area contributed by atoms with E-state index in [-0.39, 0.29) is 11.3 Å². The third-order valence-corrected chi connectivity index (χ3v) is 3.05. The van der Waals surface area contributed by atoms with Crippen LogP contribution in [-0.4, -0.2) is 4.92 Å². The fourth-order valence-electron chi connectivity index (χ4n) is 1.78. The summed E-state index contributed by atoms with van der Waals surface area (Å²) in [6.45, 7) is 0. The second-order valence-electron chi connectivity index (χ2n) is 3.97. The highest BCUT2D eigenvalue weighted by Gasteiger charge is 2.12. The predicted octanol–water partition coefficient (Wildman–Crippen LogP) is 4.31. The van der Waals surface area contributed by atoms with Gasteiger partial charge in [0.15, 0.2) is 0 Å². The zero-order chi connectivity index (χ0) is 14.5. The summed E-state index contributed by atoms with van der Waals surface area (Å²) in [7, 11) is 0. The summed E-state index contributed by atoms with van der Waals surface area (Å²) < 4.78 is 0. The van der Waals surface area contributed by atoms with Gasteiger partial charge in [-0.25, -0.2) is 0 Å². The Bertz CT molecular complexity index is 733. The molecule has 0 atom stereocenters. The summed E-state index contributed by atoms with van der Waals surface area (Å²) in [6.07, 6.45) is 1.47. The second kappa shape index (κ2) is 6.00. The molecule has 0 aliphatic carbocycles. The lowest BCUT2D eigenvalue weighted by Crippen LogP contribution is -1.91. The number of hydrogen-bond acceptors (Lipinski definition) is 3. The number of allylic oxidation sites excluding steroid dienone is 1. The molecule has 0 aliphatic heterocycles. The third kappa shape index (κ3) is 2.85. The van der Waals surface area contributed by atoms with Crippen LogP contribution < -0.4 is 0 Å². The Hall–Kier alpha value is -2.64.